The van der Waals surface area contributed by atoms with Crippen LogP contribution >= 0.6 is 0 Å². The highest BCUT2D eigenvalue weighted by Crippen LogP contribution is 2.45. The van der Waals surface area contributed by atoms with Gasteiger partial charge in [-0.2, -0.15) is 4.31 Å². The highest BCUT2D eigenvalue weighted by atomic mass is 32.2. The summed E-state index contributed by atoms with van der Waals surface area (Å²) < 4.78 is 25.4. The molecular formula is C19H28N2O3S. The molecule has 3 rings (SSSR count). The maximum atomic E-state index is 13.2. The molecule has 1 saturated carbocycles. The van der Waals surface area contributed by atoms with Gasteiger partial charge in [0.1, 0.15) is 0 Å². The van der Waals surface area contributed by atoms with E-state index in [-0.39, 0.29) is 17.4 Å². The van der Waals surface area contributed by atoms with Gasteiger partial charge in [0.25, 0.3) is 0 Å². The van der Waals surface area contributed by atoms with E-state index in [1.807, 2.05) is 30.0 Å². The fourth-order valence-electron chi connectivity index (χ4n) is 4.34. The van der Waals surface area contributed by atoms with Crippen LogP contribution in [0.5, 0.6) is 0 Å². The number of hydrogen-bond donors (Lipinski definition) is 0. The second-order valence-electron chi connectivity index (χ2n) is 7.29. The first kappa shape index (κ1) is 18.4. The summed E-state index contributed by atoms with van der Waals surface area (Å²) in [5.41, 5.74) is 0.773. The average Bonchev–Trinajstić information content (AvgIpc) is 2.55. The van der Waals surface area contributed by atoms with Gasteiger partial charge in [-0.15, -0.1) is 0 Å². The number of nitrogens with zero attached hydrogens (tertiary/aromatic N) is 2. The summed E-state index contributed by atoms with van der Waals surface area (Å²) in [7, 11) is -3.19. The lowest BCUT2D eigenvalue weighted by Crippen LogP contribution is -2.55. The predicted molar refractivity (Wildman–Crippen MR) is 98.8 cm³/mol. The standard InChI is InChI=1S/C19H28N2O3S/c1-3-21(25(2,23)24)17-10-14-20(15-11-17)18(22)19(12-7-13-19)16-8-5-4-6-9-16/h4-6,8-9,17H,3,7,10-15H2,1-2H3. The highest BCUT2D eigenvalue weighted by Gasteiger charge is 2.48. The number of sulfonamides is 1. The third-order valence-electron chi connectivity index (χ3n) is 5.84. The summed E-state index contributed by atoms with van der Waals surface area (Å²) in [6.07, 6.45) is 5.64. The van der Waals surface area contributed by atoms with Gasteiger partial charge in [0.15, 0.2) is 0 Å². The van der Waals surface area contributed by atoms with Gasteiger partial charge in [-0.25, -0.2) is 8.42 Å². The van der Waals surface area contributed by atoms with E-state index < -0.39 is 10.0 Å². The van der Waals surface area contributed by atoms with Crippen LogP contribution in [0.3, 0.4) is 0 Å². The molecular weight excluding hydrogens is 336 g/mol. The van der Waals surface area contributed by atoms with Crippen molar-refractivity contribution >= 4 is 15.9 Å². The molecule has 0 unspecified atom stereocenters. The molecule has 0 aromatic heterocycles. The van der Waals surface area contributed by atoms with Crippen molar-refractivity contribution in [3.63, 3.8) is 0 Å². The number of amides is 1. The van der Waals surface area contributed by atoms with Gasteiger partial charge >= 0.3 is 0 Å². The zero-order valence-corrected chi connectivity index (χ0v) is 16.0. The first-order valence-electron chi connectivity index (χ1n) is 9.20. The summed E-state index contributed by atoms with van der Waals surface area (Å²) >= 11 is 0. The molecule has 1 aromatic rings. The van der Waals surface area contributed by atoms with Crippen LogP contribution in [-0.2, 0) is 20.2 Å². The van der Waals surface area contributed by atoms with Crippen LogP contribution in [0.1, 0.15) is 44.6 Å². The molecule has 0 atom stereocenters. The van der Waals surface area contributed by atoms with Crippen LogP contribution in [0.4, 0.5) is 0 Å². The van der Waals surface area contributed by atoms with E-state index in [9.17, 15) is 13.2 Å². The minimum Gasteiger partial charge on any atom is -0.342 e. The lowest BCUT2D eigenvalue weighted by molar-refractivity contribution is -0.142. The summed E-state index contributed by atoms with van der Waals surface area (Å²) in [6.45, 7) is 3.65. The van der Waals surface area contributed by atoms with Gasteiger partial charge in [-0.05, 0) is 31.2 Å². The van der Waals surface area contributed by atoms with Crippen molar-refractivity contribution in [3.8, 4) is 0 Å². The van der Waals surface area contributed by atoms with Crippen LogP contribution < -0.4 is 0 Å². The molecule has 1 saturated heterocycles. The summed E-state index contributed by atoms with van der Waals surface area (Å²) in [5, 5.41) is 0. The predicted octanol–water partition coefficient (Wildman–Crippen LogP) is 2.38. The van der Waals surface area contributed by atoms with E-state index in [4.69, 9.17) is 0 Å². The Labute approximate surface area is 151 Å². The molecule has 0 bridgehead atoms. The van der Waals surface area contributed by atoms with E-state index in [1.165, 1.54) is 6.26 Å². The molecule has 6 heteroatoms. The van der Waals surface area contributed by atoms with Gasteiger partial charge < -0.3 is 4.90 Å². The smallest absolute Gasteiger partial charge is 0.233 e. The number of piperidine rings is 1. The molecule has 2 aliphatic rings. The molecule has 0 spiro atoms. The van der Waals surface area contributed by atoms with Gasteiger partial charge in [-0.1, -0.05) is 43.7 Å². The molecule has 0 N–H and O–H groups in total. The van der Waals surface area contributed by atoms with Gasteiger partial charge in [0.2, 0.25) is 15.9 Å². The second-order valence-corrected chi connectivity index (χ2v) is 9.23. The Hall–Kier alpha value is -1.40. The molecule has 1 heterocycles. The first-order chi connectivity index (χ1) is 11.9. The Balaban J connectivity index is 1.69. The fraction of sp³-hybridized carbons (Fsp3) is 0.632. The molecule has 1 amide bonds. The minimum absolute atomic E-state index is 0.0121. The maximum Gasteiger partial charge on any atom is 0.233 e. The van der Waals surface area contributed by atoms with Crippen molar-refractivity contribution in [3.05, 3.63) is 35.9 Å². The molecule has 25 heavy (non-hydrogen) atoms. The Bertz CT molecular complexity index is 705. The Morgan fingerprint density at radius 1 is 1.20 bits per heavy atom. The molecule has 5 nitrogen and oxygen atoms in total. The number of rotatable bonds is 5. The number of benzene rings is 1. The van der Waals surface area contributed by atoms with Crippen LogP contribution in [0, 0.1) is 0 Å². The molecule has 138 valence electrons. The number of likely N-dealkylation sites (tertiary alicyclic amines) is 1. The quantitative estimate of drug-likeness (QED) is 0.806. The number of carbonyl (C=O) groups excluding carboxylic acids is 1. The van der Waals surface area contributed by atoms with Crippen molar-refractivity contribution in [2.45, 2.75) is 50.5 Å². The Kier molecular flexibility index (Phi) is 5.21. The van der Waals surface area contributed by atoms with Crippen molar-refractivity contribution in [2.75, 3.05) is 25.9 Å². The summed E-state index contributed by atoms with van der Waals surface area (Å²) in [4.78, 5) is 15.2. The van der Waals surface area contributed by atoms with Crippen molar-refractivity contribution < 1.29 is 13.2 Å². The van der Waals surface area contributed by atoms with E-state index in [0.29, 0.717) is 19.6 Å². The Morgan fingerprint density at radius 3 is 2.24 bits per heavy atom. The third kappa shape index (κ3) is 3.47. The molecule has 1 aromatic carbocycles. The zero-order chi connectivity index (χ0) is 18.1. The SMILES string of the molecule is CCN(C1CCN(C(=O)C2(c3ccccc3)CCC2)CC1)S(C)(=O)=O. The molecule has 2 fully saturated rings. The van der Waals surface area contributed by atoms with Gasteiger partial charge in [0.05, 0.1) is 11.7 Å². The first-order valence-corrected chi connectivity index (χ1v) is 11.0. The van der Waals surface area contributed by atoms with Crippen molar-refractivity contribution in [2.24, 2.45) is 0 Å². The van der Waals surface area contributed by atoms with Crippen LogP contribution in [-0.4, -0.2) is 55.5 Å². The van der Waals surface area contributed by atoms with Crippen molar-refractivity contribution in [1.82, 2.24) is 9.21 Å². The largest absolute Gasteiger partial charge is 0.342 e. The maximum absolute atomic E-state index is 13.2. The lowest BCUT2D eigenvalue weighted by Gasteiger charge is -2.46. The van der Waals surface area contributed by atoms with E-state index in [2.05, 4.69) is 12.1 Å². The normalized spacial score (nSPS) is 21.2. The average molecular weight is 365 g/mol. The summed E-state index contributed by atoms with van der Waals surface area (Å²) in [5.74, 6) is 0.228. The molecule has 1 aliphatic carbocycles. The lowest BCUT2D eigenvalue weighted by atomic mass is 9.63. The van der Waals surface area contributed by atoms with E-state index in [1.54, 1.807) is 4.31 Å². The second kappa shape index (κ2) is 7.08. The number of hydrogen-bond acceptors (Lipinski definition) is 3. The van der Waals surface area contributed by atoms with Crippen molar-refractivity contribution in [1.29, 1.82) is 0 Å². The van der Waals surface area contributed by atoms with Gasteiger partial charge in [0, 0.05) is 25.7 Å². The van der Waals surface area contributed by atoms with E-state index in [0.717, 1.165) is 37.7 Å². The van der Waals surface area contributed by atoms with Crippen LogP contribution in [0.15, 0.2) is 30.3 Å². The molecule has 1 aliphatic heterocycles. The molecule has 0 radical (unpaired) electrons. The monoisotopic (exact) mass is 364 g/mol. The van der Waals surface area contributed by atoms with Crippen LogP contribution in [0.25, 0.3) is 0 Å². The Morgan fingerprint density at radius 2 is 1.80 bits per heavy atom. The third-order valence-corrected chi connectivity index (χ3v) is 7.25. The van der Waals surface area contributed by atoms with Gasteiger partial charge in [-0.3, -0.25) is 4.79 Å². The highest BCUT2D eigenvalue weighted by molar-refractivity contribution is 7.88. The van der Waals surface area contributed by atoms with E-state index >= 15 is 0 Å². The zero-order valence-electron chi connectivity index (χ0n) is 15.1. The minimum atomic E-state index is -3.19. The summed E-state index contributed by atoms with van der Waals surface area (Å²) in [6, 6.07) is 10.1. The fourth-order valence-corrected chi connectivity index (χ4v) is 5.56. The van der Waals surface area contributed by atoms with Crippen LogP contribution in [0.2, 0.25) is 0 Å². The topological polar surface area (TPSA) is 57.7 Å². The number of carbonyl (C=O) groups is 1.